The van der Waals surface area contributed by atoms with E-state index in [0.717, 1.165) is 0 Å². The summed E-state index contributed by atoms with van der Waals surface area (Å²) in [6.07, 6.45) is 0.350. The molecule has 0 aliphatic carbocycles. The first kappa shape index (κ1) is 6.27. The summed E-state index contributed by atoms with van der Waals surface area (Å²) < 4.78 is 0. The van der Waals surface area contributed by atoms with Gasteiger partial charge in [0.25, 0.3) is 0 Å². The lowest BCUT2D eigenvalue weighted by Crippen LogP contribution is -1.97. The first-order valence-corrected chi connectivity index (χ1v) is 2.26. The highest BCUT2D eigenvalue weighted by molar-refractivity contribution is 7.80. The van der Waals surface area contributed by atoms with Crippen molar-refractivity contribution < 1.29 is 10.2 Å². The Morgan fingerprint density at radius 1 is 1.67 bits per heavy atom. The monoisotopic (exact) mass is 108 g/mol. The molecule has 0 rings (SSSR count). The first-order valence-electron chi connectivity index (χ1n) is 1.74. The standard InChI is InChI=1S/C3H8O2S/c4-2-1-3(5)6/h3-6H,1-2H2. The second-order valence-electron chi connectivity index (χ2n) is 0.993. The van der Waals surface area contributed by atoms with Crippen LogP contribution in [0, 0.1) is 0 Å². The Hall–Kier alpha value is 0.270. The predicted molar refractivity (Wildman–Crippen MR) is 26.7 cm³/mol. The molecular weight excluding hydrogens is 100 g/mol. The molecule has 38 valence electrons. The van der Waals surface area contributed by atoms with E-state index in [1.54, 1.807) is 0 Å². The number of rotatable bonds is 2. The van der Waals surface area contributed by atoms with E-state index in [9.17, 15) is 0 Å². The molecule has 0 radical (unpaired) electrons. The molecule has 0 aromatic carbocycles. The van der Waals surface area contributed by atoms with Crippen molar-refractivity contribution in [2.75, 3.05) is 6.61 Å². The smallest absolute Gasteiger partial charge is 0.0986 e. The number of aliphatic hydroxyl groups excluding tert-OH is 2. The van der Waals surface area contributed by atoms with E-state index < -0.39 is 5.44 Å². The van der Waals surface area contributed by atoms with Gasteiger partial charge in [-0.05, 0) is 0 Å². The van der Waals surface area contributed by atoms with Gasteiger partial charge < -0.3 is 10.2 Å². The Kier molecular flexibility index (Phi) is 3.62. The molecule has 2 nitrogen and oxygen atoms in total. The lowest BCUT2D eigenvalue weighted by molar-refractivity contribution is 0.200. The van der Waals surface area contributed by atoms with Gasteiger partial charge in [0.05, 0.1) is 5.44 Å². The van der Waals surface area contributed by atoms with E-state index in [2.05, 4.69) is 12.6 Å². The van der Waals surface area contributed by atoms with Gasteiger partial charge in [-0.3, -0.25) is 0 Å². The lowest BCUT2D eigenvalue weighted by atomic mass is 10.5. The number of hydrogen-bond acceptors (Lipinski definition) is 3. The summed E-state index contributed by atoms with van der Waals surface area (Å²) in [5.74, 6) is 0. The summed E-state index contributed by atoms with van der Waals surface area (Å²) in [7, 11) is 0. The van der Waals surface area contributed by atoms with Gasteiger partial charge in [0.15, 0.2) is 0 Å². The molecule has 0 heterocycles. The maximum Gasteiger partial charge on any atom is 0.0986 e. The van der Waals surface area contributed by atoms with E-state index in [1.165, 1.54) is 0 Å². The van der Waals surface area contributed by atoms with Gasteiger partial charge in [-0.25, -0.2) is 0 Å². The van der Waals surface area contributed by atoms with Crippen molar-refractivity contribution >= 4 is 12.6 Å². The highest BCUT2D eigenvalue weighted by Gasteiger charge is 1.89. The van der Waals surface area contributed by atoms with Gasteiger partial charge in [0, 0.05) is 13.0 Å². The number of hydrogen-bond donors (Lipinski definition) is 3. The minimum Gasteiger partial charge on any atom is -0.396 e. The maximum atomic E-state index is 8.26. The molecule has 0 bridgehead atoms. The van der Waals surface area contributed by atoms with Gasteiger partial charge >= 0.3 is 0 Å². The third kappa shape index (κ3) is 4.27. The van der Waals surface area contributed by atoms with Crippen LogP contribution >= 0.6 is 12.6 Å². The van der Waals surface area contributed by atoms with Gasteiger partial charge in [0.2, 0.25) is 0 Å². The Labute approximate surface area is 42.2 Å². The van der Waals surface area contributed by atoms with Crippen molar-refractivity contribution in [3.63, 3.8) is 0 Å². The van der Waals surface area contributed by atoms with Crippen molar-refractivity contribution in [1.82, 2.24) is 0 Å². The van der Waals surface area contributed by atoms with Crippen LogP contribution in [-0.4, -0.2) is 22.3 Å². The maximum absolute atomic E-state index is 8.26. The topological polar surface area (TPSA) is 40.5 Å². The van der Waals surface area contributed by atoms with Crippen molar-refractivity contribution in [1.29, 1.82) is 0 Å². The summed E-state index contributed by atoms with van der Waals surface area (Å²) >= 11 is 3.57. The lowest BCUT2D eigenvalue weighted by Gasteiger charge is -1.94. The van der Waals surface area contributed by atoms with E-state index >= 15 is 0 Å². The zero-order valence-electron chi connectivity index (χ0n) is 3.33. The largest absolute Gasteiger partial charge is 0.396 e. The Balaban J connectivity index is 2.63. The van der Waals surface area contributed by atoms with Crippen LogP contribution in [0.2, 0.25) is 0 Å². The third-order valence-corrected chi connectivity index (χ3v) is 0.645. The average Bonchev–Trinajstić information content (AvgIpc) is 1.35. The third-order valence-electron chi connectivity index (χ3n) is 0.387. The summed E-state index contributed by atoms with van der Waals surface area (Å²) in [5.41, 5.74) is -0.657. The van der Waals surface area contributed by atoms with E-state index in [1.807, 2.05) is 0 Å². The van der Waals surface area contributed by atoms with Crippen LogP contribution < -0.4 is 0 Å². The van der Waals surface area contributed by atoms with Gasteiger partial charge in [-0.1, -0.05) is 0 Å². The van der Waals surface area contributed by atoms with Gasteiger partial charge in [-0.2, -0.15) is 0 Å². The highest BCUT2D eigenvalue weighted by atomic mass is 32.1. The minimum absolute atomic E-state index is 0.00463. The quantitative estimate of drug-likeness (QED) is 0.333. The fraction of sp³-hybridized carbons (Fsp3) is 1.00. The van der Waals surface area contributed by atoms with Crippen LogP contribution in [0.15, 0.2) is 0 Å². The van der Waals surface area contributed by atoms with Crippen molar-refractivity contribution in [3.8, 4) is 0 Å². The molecule has 1 unspecified atom stereocenters. The Morgan fingerprint density at radius 2 is 2.17 bits per heavy atom. The van der Waals surface area contributed by atoms with Gasteiger partial charge in [0.1, 0.15) is 0 Å². The Morgan fingerprint density at radius 3 is 2.17 bits per heavy atom. The molecule has 0 spiro atoms. The molecule has 0 saturated carbocycles. The van der Waals surface area contributed by atoms with Crippen LogP contribution in [0.1, 0.15) is 6.42 Å². The van der Waals surface area contributed by atoms with Crippen molar-refractivity contribution in [2.45, 2.75) is 11.9 Å². The van der Waals surface area contributed by atoms with E-state index in [4.69, 9.17) is 10.2 Å². The van der Waals surface area contributed by atoms with E-state index in [-0.39, 0.29) is 6.61 Å². The fourth-order valence-electron chi connectivity index (χ4n) is 0.115. The molecular formula is C3H8O2S. The van der Waals surface area contributed by atoms with Crippen LogP contribution in [-0.2, 0) is 0 Å². The number of aliphatic hydroxyl groups is 2. The van der Waals surface area contributed by atoms with Gasteiger partial charge in [-0.15, -0.1) is 12.6 Å². The molecule has 0 fully saturated rings. The first-order chi connectivity index (χ1) is 2.77. The number of thiol groups is 1. The minimum atomic E-state index is -0.657. The van der Waals surface area contributed by atoms with Crippen LogP contribution in [0.25, 0.3) is 0 Å². The zero-order valence-corrected chi connectivity index (χ0v) is 4.23. The van der Waals surface area contributed by atoms with Crippen LogP contribution in [0.5, 0.6) is 0 Å². The molecule has 0 aliphatic heterocycles. The predicted octanol–water partition coefficient (Wildman–Crippen LogP) is -0.383. The van der Waals surface area contributed by atoms with Crippen LogP contribution in [0.4, 0.5) is 0 Å². The molecule has 0 aromatic heterocycles. The molecule has 0 amide bonds. The zero-order chi connectivity index (χ0) is 4.99. The summed E-state index contributed by atoms with van der Waals surface area (Å²) in [4.78, 5) is 0. The normalized spacial score (nSPS) is 14.5. The molecule has 0 aromatic rings. The second kappa shape index (κ2) is 3.46. The van der Waals surface area contributed by atoms with Crippen molar-refractivity contribution in [3.05, 3.63) is 0 Å². The summed E-state index contributed by atoms with van der Waals surface area (Å²) in [6.45, 7) is 0.00463. The Bertz CT molecular complexity index is 30.0. The average molecular weight is 108 g/mol. The molecule has 0 aliphatic rings. The molecule has 0 saturated heterocycles. The fourth-order valence-corrected chi connectivity index (χ4v) is 0.231. The molecule has 6 heavy (non-hydrogen) atoms. The summed E-state index contributed by atoms with van der Waals surface area (Å²) in [5, 5.41) is 16.3. The van der Waals surface area contributed by atoms with E-state index in [0.29, 0.717) is 6.42 Å². The highest BCUT2D eigenvalue weighted by Crippen LogP contribution is 1.91. The molecule has 2 N–H and O–H groups in total. The van der Waals surface area contributed by atoms with Crippen molar-refractivity contribution in [2.24, 2.45) is 0 Å². The SMILES string of the molecule is OCCC(O)S. The molecule has 1 atom stereocenters. The summed E-state index contributed by atoms with van der Waals surface area (Å²) in [6, 6.07) is 0. The second-order valence-corrected chi connectivity index (χ2v) is 1.59. The van der Waals surface area contributed by atoms with Crippen LogP contribution in [0.3, 0.4) is 0 Å². The molecule has 3 heteroatoms.